The molecule has 0 spiro atoms. The SMILES string of the molecule is CC(Nc1cc2n[nH]c(=O)n2cn1)C(=O)N1CCOCC1. The first kappa shape index (κ1) is 13.6. The average molecular weight is 292 g/mol. The molecule has 1 unspecified atom stereocenters. The van der Waals surface area contributed by atoms with Crippen LogP contribution in [0.1, 0.15) is 6.92 Å². The molecule has 2 N–H and O–H groups in total. The summed E-state index contributed by atoms with van der Waals surface area (Å²) in [6.07, 6.45) is 1.37. The molecule has 1 aliphatic rings. The Kier molecular flexibility index (Phi) is 3.57. The van der Waals surface area contributed by atoms with Gasteiger partial charge in [0.1, 0.15) is 18.2 Å². The fourth-order valence-corrected chi connectivity index (χ4v) is 2.23. The highest BCUT2D eigenvalue weighted by Gasteiger charge is 2.22. The number of hydrogen-bond donors (Lipinski definition) is 2. The van der Waals surface area contributed by atoms with Crippen LogP contribution in [0, 0.1) is 0 Å². The van der Waals surface area contributed by atoms with E-state index < -0.39 is 6.04 Å². The number of carbonyl (C=O) groups excluding carboxylic acids is 1. The summed E-state index contributed by atoms with van der Waals surface area (Å²) in [7, 11) is 0. The summed E-state index contributed by atoms with van der Waals surface area (Å²) in [4.78, 5) is 29.5. The number of fused-ring (bicyclic) bond motifs is 1. The van der Waals surface area contributed by atoms with Gasteiger partial charge in [0.05, 0.1) is 13.2 Å². The lowest BCUT2D eigenvalue weighted by Gasteiger charge is -2.29. The molecule has 0 bridgehead atoms. The molecule has 3 rings (SSSR count). The minimum absolute atomic E-state index is 0.000563. The first-order valence-corrected chi connectivity index (χ1v) is 6.71. The summed E-state index contributed by atoms with van der Waals surface area (Å²) in [5.41, 5.74) is 0.102. The van der Waals surface area contributed by atoms with Gasteiger partial charge in [-0.05, 0) is 6.92 Å². The van der Waals surface area contributed by atoms with E-state index in [0.29, 0.717) is 37.8 Å². The van der Waals surface area contributed by atoms with Crippen molar-refractivity contribution in [2.45, 2.75) is 13.0 Å². The van der Waals surface area contributed by atoms with E-state index in [1.54, 1.807) is 17.9 Å². The zero-order chi connectivity index (χ0) is 14.8. The minimum atomic E-state index is -0.413. The van der Waals surface area contributed by atoms with Crippen molar-refractivity contribution in [2.75, 3.05) is 31.6 Å². The van der Waals surface area contributed by atoms with Crippen molar-refractivity contribution >= 4 is 17.4 Å². The van der Waals surface area contributed by atoms with E-state index in [-0.39, 0.29) is 11.6 Å². The van der Waals surface area contributed by atoms with Crippen LogP contribution in [0.3, 0.4) is 0 Å². The Bertz CT molecular complexity index is 702. The average Bonchev–Trinajstić information content (AvgIpc) is 2.88. The molecule has 21 heavy (non-hydrogen) atoms. The number of aromatic nitrogens is 4. The Hall–Kier alpha value is -2.42. The minimum Gasteiger partial charge on any atom is -0.378 e. The largest absolute Gasteiger partial charge is 0.378 e. The monoisotopic (exact) mass is 292 g/mol. The number of rotatable bonds is 3. The Balaban J connectivity index is 1.71. The fourth-order valence-electron chi connectivity index (χ4n) is 2.23. The number of nitrogens with one attached hydrogen (secondary N) is 2. The van der Waals surface area contributed by atoms with Crippen molar-refractivity contribution in [3.63, 3.8) is 0 Å². The van der Waals surface area contributed by atoms with Crippen LogP contribution in [-0.4, -0.2) is 62.7 Å². The van der Waals surface area contributed by atoms with Crippen LogP contribution in [0.2, 0.25) is 0 Å². The van der Waals surface area contributed by atoms with E-state index in [9.17, 15) is 9.59 Å². The highest BCUT2D eigenvalue weighted by molar-refractivity contribution is 5.84. The quantitative estimate of drug-likeness (QED) is 0.758. The predicted octanol–water partition coefficient (Wildman–Crippen LogP) is -0.923. The van der Waals surface area contributed by atoms with Crippen LogP contribution in [0.15, 0.2) is 17.2 Å². The zero-order valence-electron chi connectivity index (χ0n) is 11.6. The molecule has 9 heteroatoms. The number of nitrogens with zero attached hydrogens (tertiary/aromatic N) is 4. The number of aromatic amines is 1. The molecule has 0 aromatic carbocycles. The topological polar surface area (TPSA) is 105 Å². The second-order valence-electron chi connectivity index (χ2n) is 4.83. The zero-order valence-corrected chi connectivity index (χ0v) is 11.6. The smallest absolute Gasteiger partial charge is 0.348 e. The van der Waals surface area contributed by atoms with Crippen molar-refractivity contribution in [3.05, 3.63) is 22.9 Å². The number of amides is 1. The van der Waals surface area contributed by atoms with E-state index in [1.165, 1.54) is 10.7 Å². The van der Waals surface area contributed by atoms with Crippen LogP contribution in [0.25, 0.3) is 5.65 Å². The van der Waals surface area contributed by atoms with Gasteiger partial charge < -0.3 is 15.0 Å². The number of carbonyl (C=O) groups is 1. The Morgan fingerprint density at radius 1 is 1.48 bits per heavy atom. The maximum Gasteiger partial charge on any atom is 0.348 e. The second kappa shape index (κ2) is 5.52. The molecule has 1 atom stereocenters. The maximum absolute atomic E-state index is 12.3. The van der Waals surface area contributed by atoms with E-state index in [2.05, 4.69) is 20.5 Å². The molecule has 0 aliphatic carbocycles. The van der Waals surface area contributed by atoms with Crippen LogP contribution in [-0.2, 0) is 9.53 Å². The number of hydrogen-bond acceptors (Lipinski definition) is 6. The van der Waals surface area contributed by atoms with Gasteiger partial charge in [-0.15, -0.1) is 0 Å². The summed E-state index contributed by atoms with van der Waals surface area (Å²) >= 11 is 0. The van der Waals surface area contributed by atoms with E-state index >= 15 is 0 Å². The third kappa shape index (κ3) is 2.72. The van der Waals surface area contributed by atoms with Crippen molar-refractivity contribution in [1.82, 2.24) is 24.5 Å². The summed E-state index contributed by atoms with van der Waals surface area (Å²) in [6.45, 7) is 4.12. The van der Waals surface area contributed by atoms with Crippen LogP contribution >= 0.6 is 0 Å². The Morgan fingerprint density at radius 2 is 2.24 bits per heavy atom. The number of anilines is 1. The molecule has 0 radical (unpaired) electrons. The molecule has 0 saturated carbocycles. The third-order valence-corrected chi connectivity index (χ3v) is 3.37. The van der Waals surface area contributed by atoms with E-state index in [4.69, 9.17) is 4.74 Å². The fraction of sp³-hybridized carbons (Fsp3) is 0.500. The van der Waals surface area contributed by atoms with Gasteiger partial charge in [0, 0.05) is 19.2 Å². The number of ether oxygens (including phenoxy) is 1. The van der Waals surface area contributed by atoms with Crippen LogP contribution in [0.4, 0.5) is 5.82 Å². The first-order valence-electron chi connectivity index (χ1n) is 6.71. The molecule has 1 amide bonds. The van der Waals surface area contributed by atoms with Crippen molar-refractivity contribution in [1.29, 1.82) is 0 Å². The van der Waals surface area contributed by atoms with E-state index in [0.717, 1.165) is 0 Å². The summed E-state index contributed by atoms with van der Waals surface area (Å²) < 4.78 is 6.52. The molecule has 1 aliphatic heterocycles. The first-order chi connectivity index (χ1) is 10.1. The standard InChI is InChI=1S/C12H16N6O3/c1-8(11(19)17-2-4-21-5-3-17)14-9-6-10-15-16-12(20)18(10)7-13-9/h6-8,14H,2-5H2,1H3,(H,16,20). The lowest BCUT2D eigenvalue weighted by molar-refractivity contribution is -0.135. The van der Waals surface area contributed by atoms with Gasteiger partial charge in [-0.2, -0.15) is 5.10 Å². The maximum atomic E-state index is 12.3. The predicted molar refractivity (Wildman–Crippen MR) is 74.1 cm³/mol. The molecular weight excluding hydrogens is 276 g/mol. The molecule has 1 fully saturated rings. The highest BCUT2D eigenvalue weighted by atomic mass is 16.5. The van der Waals surface area contributed by atoms with Gasteiger partial charge in [-0.1, -0.05) is 0 Å². The van der Waals surface area contributed by atoms with Crippen molar-refractivity contribution < 1.29 is 9.53 Å². The number of morpholine rings is 1. The molecular formula is C12H16N6O3. The molecule has 112 valence electrons. The lowest BCUT2D eigenvalue weighted by Crippen LogP contribution is -2.47. The number of H-pyrrole nitrogens is 1. The van der Waals surface area contributed by atoms with E-state index in [1.807, 2.05) is 0 Å². The molecule has 9 nitrogen and oxygen atoms in total. The van der Waals surface area contributed by atoms with Gasteiger partial charge in [-0.25, -0.2) is 19.3 Å². The van der Waals surface area contributed by atoms with Gasteiger partial charge >= 0.3 is 5.69 Å². The third-order valence-electron chi connectivity index (χ3n) is 3.37. The van der Waals surface area contributed by atoms with Crippen LogP contribution < -0.4 is 11.0 Å². The second-order valence-corrected chi connectivity index (χ2v) is 4.83. The molecule has 3 heterocycles. The van der Waals surface area contributed by atoms with Gasteiger partial charge in [0.15, 0.2) is 5.65 Å². The summed E-state index contributed by atoms with van der Waals surface area (Å²) in [6, 6.07) is 1.20. The van der Waals surface area contributed by atoms with Crippen molar-refractivity contribution in [3.8, 4) is 0 Å². The van der Waals surface area contributed by atoms with Gasteiger partial charge in [0.2, 0.25) is 5.91 Å². The normalized spacial score (nSPS) is 16.9. The van der Waals surface area contributed by atoms with Gasteiger partial charge in [0.25, 0.3) is 0 Å². The van der Waals surface area contributed by atoms with Crippen molar-refractivity contribution in [2.24, 2.45) is 0 Å². The Morgan fingerprint density at radius 3 is 3.00 bits per heavy atom. The highest BCUT2D eigenvalue weighted by Crippen LogP contribution is 2.08. The molecule has 2 aromatic heterocycles. The van der Waals surface area contributed by atoms with Crippen LogP contribution in [0.5, 0.6) is 0 Å². The Labute approximate surface area is 119 Å². The lowest BCUT2D eigenvalue weighted by atomic mass is 10.2. The molecule has 1 saturated heterocycles. The molecule has 2 aromatic rings. The summed E-state index contributed by atoms with van der Waals surface area (Å²) in [5.74, 6) is 0.495. The van der Waals surface area contributed by atoms with Gasteiger partial charge in [-0.3, -0.25) is 4.79 Å². The summed E-state index contributed by atoms with van der Waals surface area (Å²) in [5, 5.41) is 9.21.